The Morgan fingerprint density at radius 3 is 1.13 bits per heavy atom. The topological polar surface area (TPSA) is 52.6 Å². The molecule has 4 nitrogen and oxygen atoms in total. The average Bonchev–Trinajstić information content (AvgIpc) is 2.75. The minimum atomic E-state index is -0.298. The average molecular weight is 423 g/mol. The predicted octanol–water partition coefficient (Wildman–Crippen LogP) is 7.47. The Hall–Kier alpha value is -1.58. The molecule has 0 aliphatic carbocycles. The fourth-order valence-corrected chi connectivity index (χ4v) is 3.27. The molecule has 0 radical (unpaired) electrons. The molecule has 0 saturated heterocycles. The first-order valence-electron chi connectivity index (χ1n) is 12.2. The summed E-state index contributed by atoms with van der Waals surface area (Å²) < 4.78 is 10.4. The number of unbranched alkanes of at least 4 members (excludes halogenated alkanes) is 14. The highest BCUT2D eigenvalue weighted by Crippen LogP contribution is 2.10. The van der Waals surface area contributed by atoms with Crippen LogP contribution in [0.25, 0.3) is 0 Å². The van der Waals surface area contributed by atoms with Crippen molar-refractivity contribution in [3.05, 3.63) is 25.3 Å². The largest absolute Gasteiger partial charge is 0.466 e. The monoisotopic (exact) mass is 422 g/mol. The molecule has 0 saturated carbocycles. The zero-order valence-corrected chi connectivity index (χ0v) is 19.3. The molecule has 4 heteroatoms. The number of hydrogen-bond donors (Lipinski definition) is 0. The van der Waals surface area contributed by atoms with Crippen LogP contribution in [0, 0.1) is 0 Å². The number of esters is 2. The van der Waals surface area contributed by atoms with Crippen LogP contribution in [0.5, 0.6) is 0 Å². The van der Waals surface area contributed by atoms with Crippen molar-refractivity contribution >= 4 is 11.9 Å². The minimum Gasteiger partial charge on any atom is -0.466 e. The van der Waals surface area contributed by atoms with E-state index in [1.165, 1.54) is 64.2 Å². The van der Waals surface area contributed by atoms with Gasteiger partial charge in [0.2, 0.25) is 0 Å². The van der Waals surface area contributed by atoms with Gasteiger partial charge in [-0.1, -0.05) is 76.4 Å². The van der Waals surface area contributed by atoms with Gasteiger partial charge >= 0.3 is 11.9 Å². The van der Waals surface area contributed by atoms with Gasteiger partial charge < -0.3 is 9.47 Å². The molecule has 0 spiro atoms. The van der Waals surface area contributed by atoms with Gasteiger partial charge in [-0.25, -0.2) is 0 Å². The zero-order chi connectivity index (χ0) is 22.1. The first kappa shape index (κ1) is 28.4. The molecule has 174 valence electrons. The molecule has 0 atom stereocenters. The molecular weight excluding hydrogens is 376 g/mol. The van der Waals surface area contributed by atoms with Crippen LogP contribution >= 0.6 is 0 Å². The summed E-state index contributed by atoms with van der Waals surface area (Å²) in [6.07, 6.45) is 22.8. The number of carbonyl (C=O) groups excluding carboxylic acids is 2. The van der Waals surface area contributed by atoms with E-state index in [1.54, 1.807) is 0 Å². The van der Waals surface area contributed by atoms with E-state index in [-0.39, 0.29) is 24.8 Å². The fourth-order valence-electron chi connectivity index (χ4n) is 3.27. The Morgan fingerprint density at radius 1 is 0.500 bits per heavy atom. The first-order chi connectivity index (χ1) is 14.7. The van der Waals surface area contributed by atoms with Gasteiger partial charge in [0, 0.05) is 0 Å². The van der Waals surface area contributed by atoms with Crippen molar-refractivity contribution in [2.75, 3.05) is 13.2 Å². The molecule has 0 bridgehead atoms. The molecule has 0 aliphatic rings. The second kappa shape index (κ2) is 23.7. The summed E-state index contributed by atoms with van der Waals surface area (Å²) in [4.78, 5) is 23.4. The van der Waals surface area contributed by atoms with Gasteiger partial charge in [0.25, 0.3) is 0 Å². The van der Waals surface area contributed by atoms with E-state index in [9.17, 15) is 9.59 Å². The van der Waals surface area contributed by atoms with Gasteiger partial charge in [-0.15, -0.1) is 13.2 Å². The summed E-state index contributed by atoms with van der Waals surface area (Å²) in [5.41, 5.74) is 0. The Balaban J connectivity index is 3.32. The Labute approximate surface area is 185 Å². The van der Waals surface area contributed by atoms with Crippen molar-refractivity contribution in [1.29, 1.82) is 0 Å². The van der Waals surface area contributed by atoms with Crippen LogP contribution in [0.3, 0.4) is 0 Å². The second-order valence-electron chi connectivity index (χ2n) is 8.05. The molecule has 0 heterocycles. The van der Waals surface area contributed by atoms with E-state index in [1.807, 2.05) is 12.2 Å². The molecule has 0 aromatic carbocycles. The third-order valence-corrected chi connectivity index (χ3v) is 5.16. The van der Waals surface area contributed by atoms with Crippen molar-refractivity contribution in [3.8, 4) is 0 Å². The lowest BCUT2D eigenvalue weighted by Crippen LogP contribution is -2.11. The molecule has 0 unspecified atom stereocenters. The quantitative estimate of drug-likeness (QED) is 0.0973. The van der Waals surface area contributed by atoms with Crippen molar-refractivity contribution in [2.24, 2.45) is 0 Å². The number of hydrogen-bond acceptors (Lipinski definition) is 4. The maximum atomic E-state index is 11.7. The summed E-state index contributed by atoms with van der Waals surface area (Å²) in [5, 5.41) is 0. The van der Waals surface area contributed by atoms with E-state index in [0.29, 0.717) is 13.2 Å². The van der Waals surface area contributed by atoms with Crippen LogP contribution in [0.15, 0.2) is 25.3 Å². The highest BCUT2D eigenvalue weighted by molar-refractivity contribution is 5.77. The van der Waals surface area contributed by atoms with Crippen LogP contribution in [0.1, 0.15) is 116 Å². The minimum absolute atomic E-state index is 0.118. The van der Waals surface area contributed by atoms with Gasteiger partial charge in [-0.2, -0.15) is 0 Å². The summed E-state index contributed by atoms with van der Waals surface area (Å²) in [7, 11) is 0. The number of rotatable bonds is 23. The second-order valence-corrected chi connectivity index (χ2v) is 8.05. The van der Waals surface area contributed by atoms with Gasteiger partial charge in [0.15, 0.2) is 0 Å². The van der Waals surface area contributed by atoms with Gasteiger partial charge in [-0.3, -0.25) is 9.59 Å². The van der Waals surface area contributed by atoms with E-state index in [2.05, 4.69) is 13.2 Å². The third-order valence-electron chi connectivity index (χ3n) is 5.16. The molecule has 30 heavy (non-hydrogen) atoms. The Bertz CT molecular complexity index is 391. The van der Waals surface area contributed by atoms with Gasteiger partial charge in [0.05, 0.1) is 26.1 Å². The molecule has 0 amide bonds. The fraction of sp³-hybridized carbons (Fsp3) is 0.769. The smallest absolute Gasteiger partial charge is 0.306 e. The van der Waals surface area contributed by atoms with E-state index in [0.717, 1.165) is 38.5 Å². The van der Waals surface area contributed by atoms with Crippen molar-refractivity contribution < 1.29 is 19.1 Å². The zero-order valence-electron chi connectivity index (χ0n) is 19.3. The van der Waals surface area contributed by atoms with Crippen LogP contribution < -0.4 is 0 Å². The lowest BCUT2D eigenvalue weighted by molar-refractivity contribution is -0.150. The molecular formula is C26H46O4. The van der Waals surface area contributed by atoms with Crippen molar-refractivity contribution in [2.45, 2.75) is 116 Å². The number of allylic oxidation sites excluding steroid dienone is 2. The lowest BCUT2D eigenvalue weighted by Gasteiger charge is -2.06. The molecule has 0 rings (SSSR count). The van der Waals surface area contributed by atoms with Crippen molar-refractivity contribution in [3.63, 3.8) is 0 Å². The summed E-state index contributed by atoms with van der Waals surface area (Å²) in [5.74, 6) is -0.597. The van der Waals surface area contributed by atoms with Crippen LogP contribution in [0.4, 0.5) is 0 Å². The summed E-state index contributed by atoms with van der Waals surface area (Å²) >= 11 is 0. The van der Waals surface area contributed by atoms with Crippen LogP contribution in [-0.2, 0) is 19.1 Å². The lowest BCUT2D eigenvalue weighted by atomic mass is 10.1. The highest BCUT2D eigenvalue weighted by atomic mass is 16.5. The van der Waals surface area contributed by atoms with E-state index >= 15 is 0 Å². The number of ether oxygens (including phenoxy) is 2. The molecule has 0 aliphatic heterocycles. The normalized spacial score (nSPS) is 10.5. The molecule has 0 aromatic rings. The maximum Gasteiger partial charge on any atom is 0.306 e. The van der Waals surface area contributed by atoms with Gasteiger partial charge in [0.1, 0.15) is 0 Å². The molecule has 0 N–H and O–H groups in total. The maximum absolute atomic E-state index is 11.7. The molecule has 0 aromatic heterocycles. The van der Waals surface area contributed by atoms with Crippen LogP contribution in [0.2, 0.25) is 0 Å². The predicted molar refractivity (Wildman–Crippen MR) is 125 cm³/mol. The van der Waals surface area contributed by atoms with Crippen LogP contribution in [-0.4, -0.2) is 25.2 Å². The van der Waals surface area contributed by atoms with Gasteiger partial charge in [-0.05, 0) is 38.5 Å². The molecule has 0 fully saturated rings. The van der Waals surface area contributed by atoms with E-state index in [4.69, 9.17) is 9.47 Å². The Kier molecular flexibility index (Phi) is 22.4. The number of carbonyl (C=O) groups is 2. The standard InChI is InChI=1S/C26H46O4/c1-3-5-7-9-11-13-15-17-19-23-29-25(27)21-22-26(28)30-24-20-18-16-14-12-10-8-6-4-2/h3-4H,1-2,5-24H2. The first-order valence-corrected chi connectivity index (χ1v) is 12.2. The summed E-state index contributed by atoms with van der Waals surface area (Å²) in [6.45, 7) is 8.37. The van der Waals surface area contributed by atoms with Crippen molar-refractivity contribution in [1.82, 2.24) is 0 Å². The van der Waals surface area contributed by atoms with E-state index < -0.39 is 0 Å². The Morgan fingerprint density at radius 2 is 0.800 bits per heavy atom. The SMILES string of the molecule is C=CCCCCCCCCCOC(=O)CCC(=O)OCCCCCCCCCC=C. The summed E-state index contributed by atoms with van der Waals surface area (Å²) in [6, 6.07) is 0. The third kappa shape index (κ3) is 22.7. The highest BCUT2D eigenvalue weighted by Gasteiger charge is 2.09.